The standard InChI is InChI=1S/C18H13N3O4/c22-17-16-10-5-6-11(9-10)19(16)18(23)20(17)14-7-8-15(21(24)25)13-4-2-1-3-12(13)14/h1-8,10-11,16H,9H2/t10-,11+,16-/m1/s1. The molecule has 2 bridgehead atoms. The molecule has 2 aromatic carbocycles. The van der Waals surface area contributed by atoms with Crippen molar-refractivity contribution in [3.05, 3.63) is 58.7 Å². The molecule has 0 unspecified atom stereocenters. The molecule has 2 aromatic rings. The first-order valence-corrected chi connectivity index (χ1v) is 8.08. The van der Waals surface area contributed by atoms with Crippen LogP contribution in [0.25, 0.3) is 10.8 Å². The summed E-state index contributed by atoms with van der Waals surface area (Å²) in [5.41, 5.74) is 0.366. The van der Waals surface area contributed by atoms with Crippen molar-refractivity contribution in [1.82, 2.24) is 4.90 Å². The van der Waals surface area contributed by atoms with E-state index >= 15 is 0 Å². The Bertz CT molecular complexity index is 969. The van der Waals surface area contributed by atoms with E-state index in [0.717, 1.165) is 6.42 Å². The topological polar surface area (TPSA) is 83.8 Å². The summed E-state index contributed by atoms with van der Waals surface area (Å²) in [6.45, 7) is 0. The number of nitro groups is 1. The number of carbonyl (C=O) groups excluding carboxylic acids is 2. The Labute approximate surface area is 142 Å². The maximum Gasteiger partial charge on any atom is 0.332 e. The fraction of sp³-hybridized carbons (Fsp3) is 0.222. The number of nitrogens with zero attached hydrogens (tertiary/aromatic N) is 3. The van der Waals surface area contributed by atoms with Gasteiger partial charge in [0.25, 0.3) is 11.6 Å². The Morgan fingerprint density at radius 1 is 1.04 bits per heavy atom. The van der Waals surface area contributed by atoms with E-state index in [1.165, 1.54) is 17.0 Å². The van der Waals surface area contributed by atoms with Crippen LogP contribution in [0.2, 0.25) is 0 Å². The van der Waals surface area contributed by atoms with Crippen molar-refractivity contribution in [3.8, 4) is 0 Å². The van der Waals surface area contributed by atoms with Crippen LogP contribution in [0.4, 0.5) is 16.2 Å². The highest BCUT2D eigenvalue weighted by Gasteiger charge is 2.57. The van der Waals surface area contributed by atoms with Gasteiger partial charge in [-0.2, -0.15) is 0 Å². The maximum absolute atomic E-state index is 12.9. The first-order chi connectivity index (χ1) is 12.1. The summed E-state index contributed by atoms with van der Waals surface area (Å²) in [5.74, 6) is -0.184. The zero-order valence-electron chi connectivity index (χ0n) is 13.0. The molecule has 5 rings (SSSR count). The quantitative estimate of drug-likeness (QED) is 0.366. The van der Waals surface area contributed by atoms with Crippen molar-refractivity contribution in [1.29, 1.82) is 0 Å². The number of hydrogen-bond acceptors (Lipinski definition) is 4. The van der Waals surface area contributed by atoms with Gasteiger partial charge in [-0.25, -0.2) is 9.69 Å². The van der Waals surface area contributed by atoms with Crippen molar-refractivity contribution in [3.63, 3.8) is 0 Å². The summed E-state index contributed by atoms with van der Waals surface area (Å²) >= 11 is 0. The lowest BCUT2D eigenvalue weighted by molar-refractivity contribution is -0.383. The summed E-state index contributed by atoms with van der Waals surface area (Å²) in [6, 6.07) is 8.82. The predicted octanol–water partition coefficient (Wildman–Crippen LogP) is 2.84. The van der Waals surface area contributed by atoms with E-state index in [2.05, 4.69) is 0 Å². The summed E-state index contributed by atoms with van der Waals surface area (Å²) in [5, 5.41) is 12.2. The number of rotatable bonds is 2. The lowest BCUT2D eigenvalue weighted by Crippen LogP contribution is -2.38. The molecule has 7 nitrogen and oxygen atoms in total. The molecule has 0 aromatic heterocycles. The molecular weight excluding hydrogens is 322 g/mol. The number of anilines is 1. The third-order valence-corrected chi connectivity index (χ3v) is 5.36. The van der Waals surface area contributed by atoms with Crippen molar-refractivity contribution in [2.24, 2.45) is 5.92 Å². The Morgan fingerprint density at radius 3 is 2.52 bits per heavy atom. The molecule has 2 heterocycles. The Hall–Kier alpha value is -3.22. The van der Waals surface area contributed by atoms with Crippen LogP contribution in [0.1, 0.15) is 6.42 Å². The van der Waals surface area contributed by atoms with E-state index in [0.29, 0.717) is 16.5 Å². The van der Waals surface area contributed by atoms with Crippen LogP contribution in [-0.2, 0) is 4.79 Å². The highest BCUT2D eigenvalue weighted by molar-refractivity contribution is 6.25. The smallest absolute Gasteiger partial charge is 0.305 e. The molecule has 7 heteroatoms. The second-order valence-electron chi connectivity index (χ2n) is 6.57. The SMILES string of the molecule is O=C1[C@H]2[C@@H]3C=C[C@@H](C3)N2C(=O)N1c1ccc([N+](=O)[O-])c2ccccc12. The van der Waals surface area contributed by atoms with Crippen LogP contribution in [0.5, 0.6) is 0 Å². The zero-order chi connectivity index (χ0) is 17.3. The molecule has 0 spiro atoms. The monoisotopic (exact) mass is 335 g/mol. The average Bonchev–Trinajstić information content (AvgIpc) is 3.28. The minimum Gasteiger partial charge on any atom is -0.305 e. The van der Waals surface area contributed by atoms with Gasteiger partial charge in [-0.1, -0.05) is 30.4 Å². The van der Waals surface area contributed by atoms with E-state index < -0.39 is 11.0 Å². The van der Waals surface area contributed by atoms with Gasteiger partial charge >= 0.3 is 6.03 Å². The molecule has 0 saturated carbocycles. The number of non-ortho nitro benzene ring substituents is 1. The van der Waals surface area contributed by atoms with Gasteiger partial charge in [0.05, 0.1) is 22.0 Å². The highest BCUT2D eigenvalue weighted by Crippen LogP contribution is 2.45. The fourth-order valence-electron chi connectivity index (χ4n) is 4.31. The summed E-state index contributed by atoms with van der Waals surface area (Å²) in [6.07, 6.45) is 4.79. The van der Waals surface area contributed by atoms with Crippen molar-refractivity contribution >= 4 is 34.1 Å². The minimum absolute atomic E-state index is 0.0271. The minimum atomic E-state index is -0.456. The maximum atomic E-state index is 12.9. The fourth-order valence-corrected chi connectivity index (χ4v) is 4.31. The van der Waals surface area contributed by atoms with Crippen LogP contribution in [-0.4, -0.2) is 33.8 Å². The molecule has 3 amide bonds. The number of fused-ring (bicyclic) bond motifs is 6. The van der Waals surface area contributed by atoms with Crippen molar-refractivity contribution in [2.75, 3.05) is 4.90 Å². The number of imide groups is 1. The van der Waals surface area contributed by atoms with E-state index in [1.807, 2.05) is 12.2 Å². The number of carbonyl (C=O) groups is 2. The van der Waals surface area contributed by atoms with Crippen molar-refractivity contribution in [2.45, 2.75) is 18.5 Å². The second-order valence-corrected chi connectivity index (χ2v) is 6.57. The molecule has 0 N–H and O–H groups in total. The lowest BCUT2D eigenvalue weighted by atomic mass is 10.0. The van der Waals surface area contributed by atoms with E-state index in [-0.39, 0.29) is 29.6 Å². The lowest BCUT2D eigenvalue weighted by Gasteiger charge is -2.22. The second kappa shape index (κ2) is 4.66. The van der Waals surface area contributed by atoms with Crippen LogP contribution < -0.4 is 4.90 Å². The number of amides is 3. The molecule has 3 aliphatic rings. The number of hydrogen-bond donors (Lipinski definition) is 0. The largest absolute Gasteiger partial charge is 0.332 e. The number of benzene rings is 2. The molecular formula is C18H13N3O4. The molecule has 2 aliphatic heterocycles. The number of nitro benzene ring substituents is 1. The highest BCUT2D eigenvalue weighted by atomic mass is 16.6. The Morgan fingerprint density at radius 2 is 1.80 bits per heavy atom. The van der Waals surface area contributed by atoms with Crippen molar-refractivity contribution < 1.29 is 14.5 Å². The van der Waals surface area contributed by atoms with E-state index in [4.69, 9.17) is 0 Å². The predicted molar refractivity (Wildman–Crippen MR) is 90.1 cm³/mol. The Balaban J connectivity index is 1.68. The van der Waals surface area contributed by atoms with Gasteiger partial charge < -0.3 is 4.90 Å². The molecule has 3 atom stereocenters. The summed E-state index contributed by atoms with van der Waals surface area (Å²) in [4.78, 5) is 39.5. The van der Waals surface area contributed by atoms with E-state index in [1.54, 1.807) is 29.2 Å². The van der Waals surface area contributed by atoms with Gasteiger partial charge in [0.2, 0.25) is 0 Å². The third kappa shape index (κ3) is 1.69. The third-order valence-electron chi connectivity index (χ3n) is 5.36. The van der Waals surface area contributed by atoms with E-state index in [9.17, 15) is 19.7 Å². The van der Waals surface area contributed by atoms with Gasteiger partial charge in [0.15, 0.2) is 0 Å². The van der Waals surface area contributed by atoms with Gasteiger partial charge in [-0.05, 0) is 18.6 Å². The molecule has 1 aliphatic carbocycles. The molecule has 0 radical (unpaired) electrons. The molecule has 124 valence electrons. The molecule has 2 fully saturated rings. The van der Waals surface area contributed by atoms with Crippen LogP contribution in [0.15, 0.2) is 48.6 Å². The average molecular weight is 335 g/mol. The van der Waals surface area contributed by atoms with Crippen LogP contribution in [0, 0.1) is 16.0 Å². The molecule has 25 heavy (non-hydrogen) atoms. The van der Waals surface area contributed by atoms with Gasteiger partial charge in [0.1, 0.15) is 6.04 Å². The van der Waals surface area contributed by atoms with Crippen LogP contribution >= 0.6 is 0 Å². The summed E-state index contributed by atoms with van der Waals surface area (Å²) < 4.78 is 0. The zero-order valence-corrected chi connectivity index (χ0v) is 13.0. The molecule has 2 saturated heterocycles. The van der Waals surface area contributed by atoms with Crippen LogP contribution in [0.3, 0.4) is 0 Å². The first kappa shape index (κ1) is 14.2. The van der Waals surface area contributed by atoms with Gasteiger partial charge in [-0.15, -0.1) is 0 Å². The van der Waals surface area contributed by atoms with Gasteiger partial charge in [-0.3, -0.25) is 14.9 Å². The van der Waals surface area contributed by atoms with Gasteiger partial charge in [0, 0.05) is 17.4 Å². The normalized spacial score (nSPS) is 26.8. The summed E-state index contributed by atoms with van der Waals surface area (Å²) in [7, 11) is 0. The Kier molecular flexibility index (Phi) is 2.64. The number of urea groups is 1. The first-order valence-electron chi connectivity index (χ1n) is 8.08.